The van der Waals surface area contributed by atoms with Crippen LogP contribution in [0, 0.1) is 0 Å². The standard InChI is InChI=1S/C18H23N3O6S/c1-3-19-18(23)27-13-9-26-14-12(8-25-15(13)14)21-17(28)20-11-6-4-5-10(7-11)16(22)24-2/h4-7,12-15H,3,8-9H2,1-2H3,(H,19,23)(H2,20,21,28)/t12-,13+,14+,15+/m0/s1. The Balaban J connectivity index is 1.53. The Bertz CT molecular complexity index is 746. The molecule has 152 valence electrons. The first-order chi connectivity index (χ1) is 13.5. The molecule has 4 atom stereocenters. The van der Waals surface area contributed by atoms with Crippen molar-refractivity contribution in [2.75, 3.05) is 32.2 Å². The van der Waals surface area contributed by atoms with Crippen molar-refractivity contribution in [2.45, 2.75) is 31.3 Å². The maximum absolute atomic E-state index is 11.6. The number of fused-ring (bicyclic) bond motifs is 1. The van der Waals surface area contributed by atoms with E-state index in [4.69, 9.17) is 31.2 Å². The lowest BCUT2D eigenvalue weighted by Gasteiger charge is -2.20. The molecule has 2 aliphatic rings. The van der Waals surface area contributed by atoms with E-state index in [1.807, 2.05) is 6.92 Å². The van der Waals surface area contributed by atoms with Crippen molar-refractivity contribution in [3.63, 3.8) is 0 Å². The van der Waals surface area contributed by atoms with Crippen molar-refractivity contribution in [3.8, 4) is 0 Å². The van der Waals surface area contributed by atoms with Crippen LogP contribution in [-0.4, -0.2) is 68.4 Å². The SMILES string of the molecule is CCNC(=O)O[C@@H]1CO[C@H]2[C@@H]1OC[C@@H]2NC(=S)Nc1cccc(C(=O)OC)c1. The van der Waals surface area contributed by atoms with Gasteiger partial charge in [-0.2, -0.15) is 0 Å². The fourth-order valence-corrected chi connectivity index (χ4v) is 3.46. The predicted octanol–water partition coefficient (Wildman–Crippen LogP) is 1.04. The molecule has 0 aromatic heterocycles. The lowest BCUT2D eigenvalue weighted by atomic mass is 10.1. The largest absolute Gasteiger partial charge is 0.465 e. The summed E-state index contributed by atoms with van der Waals surface area (Å²) in [5.41, 5.74) is 1.07. The molecule has 2 heterocycles. The van der Waals surface area contributed by atoms with E-state index in [1.54, 1.807) is 24.3 Å². The van der Waals surface area contributed by atoms with Crippen LogP contribution in [0.5, 0.6) is 0 Å². The van der Waals surface area contributed by atoms with Gasteiger partial charge >= 0.3 is 12.1 Å². The zero-order valence-electron chi connectivity index (χ0n) is 15.6. The third-order valence-electron chi connectivity index (χ3n) is 4.45. The Morgan fingerprint density at radius 3 is 2.79 bits per heavy atom. The van der Waals surface area contributed by atoms with Crippen LogP contribution in [0.15, 0.2) is 24.3 Å². The molecule has 0 radical (unpaired) electrons. The van der Waals surface area contributed by atoms with Crippen LogP contribution in [0.4, 0.5) is 10.5 Å². The first kappa shape index (κ1) is 20.3. The van der Waals surface area contributed by atoms with E-state index >= 15 is 0 Å². The number of benzene rings is 1. The van der Waals surface area contributed by atoms with Gasteiger partial charge in [0, 0.05) is 12.2 Å². The molecule has 1 aromatic carbocycles. The van der Waals surface area contributed by atoms with E-state index in [9.17, 15) is 9.59 Å². The summed E-state index contributed by atoms with van der Waals surface area (Å²) in [4.78, 5) is 23.3. The van der Waals surface area contributed by atoms with Crippen LogP contribution >= 0.6 is 12.2 Å². The van der Waals surface area contributed by atoms with Gasteiger partial charge in [0.2, 0.25) is 0 Å². The first-order valence-electron chi connectivity index (χ1n) is 8.95. The average molecular weight is 409 g/mol. The third kappa shape index (κ3) is 4.70. The number of carbonyl (C=O) groups is 2. The molecule has 3 rings (SSSR count). The molecular weight excluding hydrogens is 386 g/mol. The summed E-state index contributed by atoms with van der Waals surface area (Å²) in [6.45, 7) is 2.94. The average Bonchev–Trinajstić information content (AvgIpc) is 3.25. The smallest absolute Gasteiger partial charge is 0.407 e. The number of anilines is 1. The van der Waals surface area contributed by atoms with Crippen LogP contribution < -0.4 is 16.0 Å². The van der Waals surface area contributed by atoms with E-state index in [1.165, 1.54) is 7.11 Å². The molecule has 0 spiro atoms. The quantitative estimate of drug-likeness (QED) is 0.486. The van der Waals surface area contributed by atoms with Gasteiger partial charge in [-0.25, -0.2) is 9.59 Å². The highest BCUT2D eigenvalue weighted by atomic mass is 32.1. The highest BCUT2D eigenvalue weighted by Gasteiger charge is 2.49. The Labute approximate surface area is 168 Å². The number of rotatable bonds is 5. The second-order valence-corrected chi connectivity index (χ2v) is 6.76. The monoisotopic (exact) mass is 409 g/mol. The summed E-state index contributed by atoms with van der Waals surface area (Å²) in [5.74, 6) is -0.424. The van der Waals surface area contributed by atoms with Gasteiger partial charge in [0.05, 0.1) is 31.9 Å². The maximum atomic E-state index is 11.6. The number of thiocarbonyl (C=S) groups is 1. The summed E-state index contributed by atoms with van der Waals surface area (Å²) in [5, 5.41) is 9.15. The number of nitrogens with one attached hydrogen (secondary N) is 3. The summed E-state index contributed by atoms with van der Waals surface area (Å²) in [7, 11) is 1.33. The topological polar surface area (TPSA) is 107 Å². The van der Waals surface area contributed by atoms with Crippen molar-refractivity contribution in [3.05, 3.63) is 29.8 Å². The lowest BCUT2D eigenvalue weighted by Crippen LogP contribution is -2.46. The first-order valence-corrected chi connectivity index (χ1v) is 9.36. The normalized spacial score (nSPS) is 25.5. The molecule has 0 bridgehead atoms. The number of methoxy groups -OCH3 is 1. The zero-order chi connectivity index (χ0) is 20.1. The van der Waals surface area contributed by atoms with Crippen molar-refractivity contribution < 1.29 is 28.5 Å². The van der Waals surface area contributed by atoms with Crippen molar-refractivity contribution in [1.29, 1.82) is 0 Å². The molecular formula is C18H23N3O6S. The molecule has 3 N–H and O–H groups in total. The number of carbonyl (C=O) groups excluding carboxylic acids is 2. The second kappa shape index (κ2) is 9.18. The Morgan fingerprint density at radius 1 is 1.25 bits per heavy atom. The highest BCUT2D eigenvalue weighted by molar-refractivity contribution is 7.80. The summed E-state index contributed by atoms with van der Waals surface area (Å²) < 4.78 is 21.6. The van der Waals surface area contributed by atoms with E-state index in [0.29, 0.717) is 29.5 Å². The molecule has 9 nitrogen and oxygen atoms in total. The Hall–Kier alpha value is -2.43. The molecule has 2 fully saturated rings. The van der Waals surface area contributed by atoms with Gasteiger partial charge in [-0.05, 0) is 37.3 Å². The van der Waals surface area contributed by atoms with Gasteiger partial charge in [-0.1, -0.05) is 6.07 Å². The van der Waals surface area contributed by atoms with Crippen molar-refractivity contribution >= 4 is 35.1 Å². The third-order valence-corrected chi connectivity index (χ3v) is 4.67. The summed E-state index contributed by atoms with van der Waals surface area (Å²) in [6.07, 6.45) is -1.56. The molecule has 2 aliphatic heterocycles. The molecule has 2 saturated heterocycles. The van der Waals surface area contributed by atoms with Crippen molar-refractivity contribution in [1.82, 2.24) is 10.6 Å². The van der Waals surface area contributed by atoms with Crippen LogP contribution in [0.25, 0.3) is 0 Å². The maximum Gasteiger partial charge on any atom is 0.407 e. The van der Waals surface area contributed by atoms with E-state index in [0.717, 1.165) is 0 Å². The van der Waals surface area contributed by atoms with Gasteiger partial charge < -0.3 is 34.9 Å². The van der Waals surface area contributed by atoms with E-state index in [-0.39, 0.29) is 24.9 Å². The molecule has 1 amide bonds. The molecule has 0 saturated carbocycles. The number of esters is 1. The van der Waals surface area contributed by atoms with E-state index < -0.39 is 18.2 Å². The Kier molecular flexibility index (Phi) is 6.65. The Morgan fingerprint density at radius 2 is 2.04 bits per heavy atom. The summed E-state index contributed by atoms with van der Waals surface area (Å²) in [6, 6.07) is 6.64. The lowest BCUT2D eigenvalue weighted by molar-refractivity contribution is 0.00425. The fourth-order valence-electron chi connectivity index (χ4n) is 3.19. The highest BCUT2D eigenvalue weighted by Crippen LogP contribution is 2.29. The molecule has 0 unspecified atom stereocenters. The van der Waals surface area contributed by atoms with Crippen LogP contribution in [0.3, 0.4) is 0 Å². The van der Waals surface area contributed by atoms with Gasteiger partial charge in [0.1, 0.15) is 12.2 Å². The number of amides is 1. The molecule has 10 heteroatoms. The fraction of sp³-hybridized carbons (Fsp3) is 0.500. The molecule has 28 heavy (non-hydrogen) atoms. The minimum atomic E-state index is -0.487. The van der Waals surface area contributed by atoms with Crippen LogP contribution in [0.2, 0.25) is 0 Å². The number of alkyl carbamates (subject to hydrolysis) is 1. The van der Waals surface area contributed by atoms with Gasteiger partial charge in [0.15, 0.2) is 11.2 Å². The van der Waals surface area contributed by atoms with Gasteiger partial charge in [-0.3, -0.25) is 0 Å². The summed E-state index contributed by atoms with van der Waals surface area (Å²) >= 11 is 5.36. The molecule has 0 aliphatic carbocycles. The minimum absolute atomic E-state index is 0.184. The second-order valence-electron chi connectivity index (χ2n) is 6.35. The minimum Gasteiger partial charge on any atom is -0.465 e. The van der Waals surface area contributed by atoms with Crippen LogP contribution in [-0.2, 0) is 18.9 Å². The van der Waals surface area contributed by atoms with Gasteiger partial charge in [-0.15, -0.1) is 0 Å². The van der Waals surface area contributed by atoms with Crippen LogP contribution in [0.1, 0.15) is 17.3 Å². The van der Waals surface area contributed by atoms with Crippen molar-refractivity contribution in [2.24, 2.45) is 0 Å². The van der Waals surface area contributed by atoms with E-state index in [2.05, 4.69) is 16.0 Å². The molecule has 1 aromatic rings. The number of hydrogen-bond acceptors (Lipinski definition) is 7. The number of ether oxygens (including phenoxy) is 4. The predicted molar refractivity (Wildman–Crippen MR) is 104 cm³/mol. The zero-order valence-corrected chi connectivity index (χ0v) is 16.4. The van der Waals surface area contributed by atoms with Gasteiger partial charge in [0.25, 0.3) is 0 Å². The number of hydrogen-bond donors (Lipinski definition) is 3.